The highest BCUT2D eigenvalue weighted by molar-refractivity contribution is 5.60. The molecule has 0 radical (unpaired) electrons. The van der Waals surface area contributed by atoms with E-state index in [1.807, 2.05) is 13.8 Å². The molecular weight excluding hydrogens is 236 g/mol. The predicted molar refractivity (Wildman–Crippen MR) is 70.8 cm³/mol. The molecule has 0 bridgehead atoms. The molecule has 0 aliphatic rings. The van der Waals surface area contributed by atoms with Gasteiger partial charge in [0.1, 0.15) is 11.5 Å². The van der Waals surface area contributed by atoms with Gasteiger partial charge in [-0.3, -0.25) is 14.3 Å². The quantitative estimate of drug-likeness (QED) is 0.571. The Labute approximate surface area is 105 Å². The van der Waals surface area contributed by atoms with Crippen LogP contribution in [0.15, 0.2) is 9.59 Å². The van der Waals surface area contributed by atoms with Crippen LogP contribution in [-0.2, 0) is 6.54 Å². The van der Waals surface area contributed by atoms with Crippen LogP contribution in [0.1, 0.15) is 20.8 Å². The number of anilines is 2. The highest BCUT2D eigenvalue weighted by atomic mass is 16.3. The number of rotatable bonds is 5. The summed E-state index contributed by atoms with van der Waals surface area (Å²) in [6.45, 7) is 6.18. The van der Waals surface area contributed by atoms with Crippen molar-refractivity contribution < 1.29 is 5.11 Å². The van der Waals surface area contributed by atoms with Crippen LogP contribution in [0.3, 0.4) is 0 Å². The highest BCUT2D eigenvalue weighted by Crippen LogP contribution is 2.16. The lowest BCUT2D eigenvalue weighted by molar-refractivity contribution is 0.171. The van der Waals surface area contributed by atoms with Crippen molar-refractivity contribution in [3.05, 3.63) is 20.8 Å². The van der Waals surface area contributed by atoms with E-state index < -0.39 is 11.2 Å². The maximum absolute atomic E-state index is 11.7. The summed E-state index contributed by atoms with van der Waals surface area (Å²) >= 11 is 0. The second-order valence-corrected chi connectivity index (χ2v) is 4.94. The number of nitrogens with zero attached hydrogens (tertiary/aromatic N) is 1. The Bertz CT molecular complexity index is 530. The molecule has 18 heavy (non-hydrogen) atoms. The zero-order valence-electron chi connectivity index (χ0n) is 10.9. The molecule has 1 aromatic heterocycles. The normalized spacial score (nSPS) is 11.6. The number of hydrogen-bond acceptors (Lipinski definition) is 5. The molecule has 1 heterocycles. The van der Waals surface area contributed by atoms with Crippen molar-refractivity contribution in [1.29, 1.82) is 0 Å². The zero-order chi connectivity index (χ0) is 13.9. The van der Waals surface area contributed by atoms with Crippen molar-refractivity contribution in [1.82, 2.24) is 9.55 Å². The first kappa shape index (κ1) is 14.3. The second-order valence-electron chi connectivity index (χ2n) is 4.94. The molecule has 0 saturated heterocycles. The summed E-state index contributed by atoms with van der Waals surface area (Å²) in [5, 5.41) is 12.0. The number of nitrogen functional groups attached to an aromatic ring is 1. The van der Waals surface area contributed by atoms with E-state index >= 15 is 0 Å². The van der Waals surface area contributed by atoms with Gasteiger partial charge in [-0.25, -0.2) is 4.79 Å². The molecule has 0 atom stereocenters. The van der Waals surface area contributed by atoms with Crippen LogP contribution in [0.25, 0.3) is 0 Å². The van der Waals surface area contributed by atoms with Crippen molar-refractivity contribution >= 4 is 11.5 Å². The van der Waals surface area contributed by atoms with Gasteiger partial charge in [-0.2, -0.15) is 0 Å². The van der Waals surface area contributed by atoms with E-state index in [4.69, 9.17) is 10.8 Å². The number of nitrogens with one attached hydrogen (secondary N) is 2. The molecule has 1 aromatic rings. The van der Waals surface area contributed by atoms with Gasteiger partial charge in [0.05, 0.1) is 0 Å². The van der Waals surface area contributed by atoms with Gasteiger partial charge >= 0.3 is 5.69 Å². The van der Waals surface area contributed by atoms with Crippen LogP contribution in [0.2, 0.25) is 0 Å². The molecule has 0 unspecified atom stereocenters. The highest BCUT2D eigenvalue weighted by Gasteiger charge is 2.18. The van der Waals surface area contributed by atoms with Gasteiger partial charge in [0.15, 0.2) is 0 Å². The molecular formula is C11H20N4O3. The molecule has 1 rings (SSSR count). The molecule has 7 nitrogen and oxygen atoms in total. The van der Waals surface area contributed by atoms with Gasteiger partial charge in [0.25, 0.3) is 5.56 Å². The lowest BCUT2D eigenvalue weighted by Crippen LogP contribution is -2.36. The van der Waals surface area contributed by atoms with E-state index in [9.17, 15) is 9.59 Å². The Morgan fingerprint density at radius 2 is 2.06 bits per heavy atom. The fourth-order valence-corrected chi connectivity index (χ4v) is 1.46. The fourth-order valence-electron chi connectivity index (χ4n) is 1.46. The second kappa shape index (κ2) is 5.26. The average Bonchev–Trinajstić information content (AvgIpc) is 2.28. The van der Waals surface area contributed by atoms with E-state index in [2.05, 4.69) is 10.3 Å². The fraction of sp³-hybridized carbons (Fsp3) is 0.636. The van der Waals surface area contributed by atoms with Gasteiger partial charge in [-0.05, 0) is 6.92 Å². The van der Waals surface area contributed by atoms with E-state index in [1.54, 1.807) is 6.92 Å². The summed E-state index contributed by atoms with van der Waals surface area (Å²) in [5.74, 6) is 0.111. The van der Waals surface area contributed by atoms with Gasteiger partial charge in [0, 0.05) is 25.1 Å². The summed E-state index contributed by atoms with van der Waals surface area (Å²) in [6.07, 6.45) is 0. The molecule has 0 saturated carbocycles. The van der Waals surface area contributed by atoms with E-state index in [-0.39, 0.29) is 23.5 Å². The first-order valence-corrected chi connectivity index (χ1v) is 5.79. The number of hydrogen-bond donors (Lipinski definition) is 4. The summed E-state index contributed by atoms with van der Waals surface area (Å²) in [5.41, 5.74) is 4.50. The lowest BCUT2D eigenvalue weighted by atomic mass is 9.95. The lowest BCUT2D eigenvalue weighted by Gasteiger charge is -2.23. The first-order chi connectivity index (χ1) is 8.32. The maximum Gasteiger partial charge on any atom is 0.330 e. The summed E-state index contributed by atoms with van der Waals surface area (Å²) in [4.78, 5) is 25.3. The average molecular weight is 256 g/mol. The Hall–Kier alpha value is -1.76. The number of nitrogens with two attached hydrogens (primary N) is 1. The number of H-pyrrole nitrogens is 1. The molecule has 5 N–H and O–H groups in total. The van der Waals surface area contributed by atoms with Crippen molar-refractivity contribution in [2.24, 2.45) is 5.41 Å². The van der Waals surface area contributed by atoms with Gasteiger partial charge in [0.2, 0.25) is 0 Å². The van der Waals surface area contributed by atoms with E-state index in [0.29, 0.717) is 13.1 Å². The molecule has 7 heteroatoms. The largest absolute Gasteiger partial charge is 0.396 e. The third kappa shape index (κ3) is 2.92. The van der Waals surface area contributed by atoms with Crippen LogP contribution in [-0.4, -0.2) is 27.8 Å². The van der Waals surface area contributed by atoms with Crippen molar-refractivity contribution in [3.8, 4) is 0 Å². The maximum atomic E-state index is 11.7. The zero-order valence-corrected chi connectivity index (χ0v) is 10.9. The summed E-state index contributed by atoms with van der Waals surface area (Å²) in [6, 6.07) is 0. The molecule has 0 aliphatic heterocycles. The van der Waals surface area contributed by atoms with Crippen LogP contribution in [0.4, 0.5) is 11.5 Å². The molecule has 0 aromatic carbocycles. The monoisotopic (exact) mass is 256 g/mol. The molecule has 0 aliphatic carbocycles. The standard InChI is InChI=1S/C11H20N4O3/c1-4-15-8(12)7(9(17)14-10(15)18)13-5-11(2,3)6-16/h13,16H,4-6,12H2,1-3H3,(H,14,17,18). The third-order valence-corrected chi connectivity index (χ3v) is 2.73. The smallest absolute Gasteiger partial charge is 0.330 e. The van der Waals surface area contributed by atoms with Gasteiger partial charge in [-0.1, -0.05) is 13.8 Å². The van der Waals surface area contributed by atoms with E-state index in [0.717, 1.165) is 0 Å². The predicted octanol–water partition coefficient (Wildman–Crippen LogP) is -0.431. The van der Waals surface area contributed by atoms with Gasteiger partial charge in [-0.15, -0.1) is 0 Å². The Morgan fingerprint density at radius 1 is 1.44 bits per heavy atom. The van der Waals surface area contributed by atoms with E-state index in [1.165, 1.54) is 4.57 Å². The Morgan fingerprint density at radius 3 is 2.56 bits per heavy atom. The minimum atomic E-state index is -0.545. The van der Waals surface area contributed by atoms with Crippen molar-refractivity contribution in [3.63, 3.8) is 0 Å². The van der Waals surface area contributed by atoms with Crippen LogP contribution < -0.4 is 22.3 Å². The summed E-state index contributed by atoms with van der Waals surface area (Å²) < 4.78 is 1.27. The minimum absolute atomic E-state index is 0.0226. The minimum Gasteiger partial charge on any atom is -0.396 e. The molecule has 0 amide bonds. The molecule has 102 valence electrons. The van der Waals surface area contributed by atoms with Gasteiger partial charge < -0.3 is 16.2 Å². The topological polar surface area (TPSA) is 113 Å². The third-order valence-electron chi connectivity index (χ3n) is 2.73. The summed E-state index contributed by atoms with van der Waals surface area (Å²) in [7, 11) is 0. The van der Waals surface area contributed by atoms with Crippen LogP contribution in [0, 0.1) is 5.41 Å². The Balaban J connectivity index is 3.11. The first-order valence-electron chi connectivity index (χ1n) is 5.79. The number of aliphatic hydroxyl groups excluding tert-OH is 1. The van der Waals surface area contributed by atoms with Crippen molar-refractivity contribution in [2.45, 2.75) is 27.3 Å². The van der Waals surface area contributed by atoms with Crippen LogP contribution in [0.5, 0.6) is 0 Å². The Kier molecular flexibility index (Phi) is 4.18. The molecule has 0 fully saturated rings. The SMILES string of the molecule is CCn1c(N)c(NCC(C)(C)CO)c(=O)[nH]c1=O. The number of aromatic nitrogens is 2. The van der Waals surface area contributed by atoms with Crippen LogP contribution >= 0.6 is 0 Å². The van der Waals surface area contributed by atoms with Crippen molar-refractivity contribution in [2.75, 3.05) is 24.2 Å². The number of aromatic amines is 1. The number of aliphatic hydroxyl groups is 1. The molecule has 0 spiro atoms.